The van der Waals surface area contributed by atoms with E-state index in [-0.39, 0.29) is 16.9 Å². The van der Waals surface area contributed by atoms with Crippen molar-refractivity contribution in [2.75, 3.05) is 28.6 Å². The molecule has 0 saturated carbocycles. The van der Waals surface area contributed by atoms with E-state index in [1.165, 1.54) is 12.1 Å². The van der Waals surface area contributed by atoms with Crippen LogP contribution in [0.2, 0.25) is 0 Å². The summed E-state index contributed by atoms with van der Waals surface area (Å²) in [5.41, 5.74) is 2.44. The largest absolute Gasteiger partial charge is 0.418 e. The second kappa shape index (κ2) is 11.3. The zero-order chi connectivity index (χ0) is 27.3. The first-order valence-electron chi connectivity index (χ1n) is 12.1. The maximum absolute atomic E-state index is 13.8. The van der Waals surface area contributed by atoms with E-state index in [9.17, 15) is 18.0 Å². The Kier molecular flexibility index (Phi) is 7.90. The molecule has 1 amide bonds. The third-order valence-corrected chi connectivity index (χ3v) is 6.03. The van der Waals surface area contributed by atoms with E-state index in [1.807, 2.05) is 19.1 Å². The second-order valence-electron chi connectivity index (χ2n) is 8.49. The molecule has 10 heteroatoms. The molecule has 0 unspecified atom stereocenters. The minimum atomic E-state index is -4.57. The molecular weight excluding hydrogens is 493 g/mol. The van der Waals surface area contributed by atoms with Gasteiger partial charge in [0.2, 0.25) is 5.95 Å². The minimum absolute atomic E-state index is 0.0515. The van der Waals surface area contributed by atoms with Crippen LogP contribution >= 0.6 is 0 Å². The van der Waals surface area contributed by atoms with Gasteiger partial charge in [-0.05, 0) is 68.8 Å². The third-order valence-electron chi connectivity index (χ3n) is 6.03. The first-order valence-corrected chi connectivity index (χ1v) is 12.1. The number of anilines is 4. The average molecular weight is 521 g/mol. The van der Waals surface area contributed by atoms with Gasteiger partial charge >= 0.3 is 6.18 Å². The van der Waals surface area contributed by atoms with Crippen LogP contribution in [0.25, 0.3) is 11.3 Å². The molecule has 196 valence electrons. The molecule has 0 spiro atoms. The van der Waals surface area contributed by atoms with Crippen LogP contribution in [0.1, 0.15) is 35.3 Å². The molecule has 0 bridgehead atoms. The Morgan fingerprint density at radius 1 is 0.974 bits per heavy atom. The number of alkyl halides is 3. The van der Waals surface area contributed by atoms with Gasteiger partial charge in [0.05, 0.1) is 22.6 Å². The normalized spacial score (nSPS) is 11.2. The number of hydrogen-bond donors (Lipinski definition) is 2. The Morgan fingerprint density at radius 3 is 2.45 bits per heavy atom. The van der Waals surface area contributed by atoms with Crippen LogP contribution < -0.4 is 15.5 Å². The highest BCUT2D eigenvalue weighted by Crippen LogP contribution is 2.41. The number of aromatic nitrogens is 3. The van der Waals surface area contributed by atoms with Crippen molar-refractivity contribution in [3.05, 3.63) is 89.9 Å². The SMILES string of the molecule is CCN(CC)c1c(NC(=O)c2ccc(C)c(Nc3nccc(-c4cccnc4)n3)c2)cccc1C(F)(F)F. The van der Waals surface area contributed by atoms with E-state index in [2.05, 4.69) is 25.6 Å². The lowest BCUT2D eigenvalue weighted by Crippen LogP contribution is -2.27. The molecule has 7 nitrogen and oxygen atoms in total. The number of aryl methyl sites for hydroxylation is 1. The zero-order valence-electron chi connectivity index (χ0n) is 21.2. The molecule has 2 aromatic heterocycles. The van der Waals surface area contributed by atoms with Gasteiger partial charge in [0.1, 0.15) is 0 Å². The quantitative estimate of drug-likeness (QED) is 0.269. The average Bonchev–Trinajstić information content (AvgIpc) is 2.91. The molecule has 2 N–H and O–H groups in total. The van der Waals surface area contributed by atoms with Gasteiger partial charge in [0.15, 0.2) is 0 Å². The summed E-state index contributed by atoms with van der Waals surface area (Å²) in [7, 11) is 0. The van der Waals surface area contributed by atoms with Gasteiger partial charge in [-0.15, -0.1) is 0 Å². The van der Waals surface area contributed by atoms with Crippen LogP contribution in [0.3, 0.4) is 0 Å². The molecule has 0 radical (unpaired) electrons. The predicted octanol–water partition coefficient (Wildman–Crippen LogP) is 6.71. The maximum atomic E-state index is 13.8. The third kappa shape index (κ3) is 5.91. The van der Waals surface area contributed by atoms with Crippen molar-refractivity contribution >= 4 is 28.9 Å². The standard InChI is InChI=1S/C28H27F3N6O/c1-4-37(5-2)25-21(28(29,30)31)9-6-10-23(25)34-26(38)19-12-11-18(3)24(16-19)36-27-33-15-13-22(35-27)20-8-7-14-32-17-20/h6-17H,4-5H2,1-3H3,(H,34,38)(H,33,35,36). The molecule has 0 aliphatic rings. The van der Waals surface area contributed by atoms with Crippen molar-refractivity contribution < 1.29 is 18.0 Å². The Labute approximate surface area is 218 Å². The predicted molar refractivity (Wildman–Crippen MR) is 143 cm³/mol. The molecule has 2 heterocycles. The second-order valence-corrected chi connectivity index (χ2v) is 8.49. The van der Waals surface area contributed by atoms with Gasteiger partial charge in [-0.25, -0.2) is 9.97 Å². The fourth-order valence-electron chi connectivity index (χ4n) is 4.06. The monoisotopic (exact) mass is 520 g/mol. The molecule has 0 atom stereocenters. The van der Waals surface area contributed by atoms with Crippen molar-refractivity contribution in [3.63, 3.8) is 0 Å². The first-order chi connectivity index (χ1) is 18.2. The highest BCUT2D eigenvalue weighted by molar-refractivity contribution is 6.07. The summed E-state index contributed by atoms with van der Waals surface area (Å²) >= 11 is 0. The van der Waals surface area contributed by atoms with Gasteiger partial charge in [-0.1, -0.05) is 12.1 Å². The van der Waals surface area contributed by atoms with Crippen molar-refractivity contribution in [2.24, 2.45) is 0 Å². The van der Waals surface area contributed by atoms with Crippen LogP contribution in [-0.2, 0) is 6.18 Å². The molecule has 0 saturated heterocycles. The molecule has 4 rings (SSSR count). The number of benzene rings is 2. The van der Waals surface area contributed by atoms with Gasteiger partial charge in [0.25, 0.3) is 5.91 Å². The molecule has 38 heavy (non-hydrogen) atoms. The summed E-state index contributed by atoms with van der Waals surface area (Å²) in [5.74, 6) is -0.209. The van der Waals surface area contributed by atoms with E-state index < -0.39 is 17.6 Å². The van der Waals surface area contributed by atoms with Gasteiger partial charge in [0, 0.05) is 48.5 Å². The van der Waals surface area contributed by atoms with Crippen LogP contribution in [0, 0.1) is 6.92 Å². The van der Waals surface area contributed by atoms with Gasteiger partial charge in [-0.2, -0.15) is 13.2 Å². The van der Waals surface area contributed by atoms with Crippen LogP contribution in [0.5, 0.6) is 0 Å². The molecule has 0 aliphatic carbocycles. The van der Waals surface area contributed by atoms with Gasteiger partial charge in [-0.3, -0.25) is 9.78 Å². The topological polar surface area (TPSA) is 83.0 Å². The summed E-state index contributed by atoms with van der Waals surface area (Å²) in [6, 6.07) is 14.2. The highest BCUT2D eigenvalue weighted by Gasteiger charge is 2.36. The summed E-state index contributed by atoms with van der Waals surface area (Å²) in [6.45, 7) is 6.10. The number of halogens is 3. The van der Waals surface area contributed by atoms with E-state index in [0.29, 0.717) is 30.4 Å². The molecule has 2 aromatic carbocycles. The summed E-state index contributed by atoms with van der Waals surface area (Å²) < 4.78 is 41.4. The lowest BCUT2D eigenvalue weighted by Gasteiger charge is -2.28. The number of carbonyl (C=O) groups excluding carboxylic acids is 1. The van der Waals surface area contributed by atoms with Crippen molar-refractivity contribution in [2.45, 2.75) is 26.9 Å². The maximum Gasteiger partial charge on any atom is 0.418 e. The van der Waals surface area contributed by atoms with Crippen LogP contribution in [-0.4, -0.2) is 33.9 Å². The zero-order valence-corrected chi connectivity index (χ0v) is 21.2. The highest BCUT2D eigenvalue weighted by atomic mass is 19.4. The van der Waals surface area contributed by atoms with Crippen molar-refractivity contribution in [3.8, 4) is 11.3 Å². The van der Waals surface area contributed by atoms with Crippen LogP contribution in [0.4, 0.5) is 36.2 Å². The minimum Gasteiger partial charge on any atom is -0.370 e. The number of pyridine rings is 1. The Bertz CT molecular complexity index is 1420. The number of rotatable bonds is 8. The van der Waals surface area contributed by atoms with E-state index in [1.54, 1.807) is 61.6 Å². The first kappa shape index (κ1) is 26.6. The smallest absolute Gasteiger partial charge is 0.370 e. The lowest BCUT2D eigenvalue weighted by molar-refractivity contribution is -0.137. The molecular formula is C28H27F3N6O. The number of nitrogens with zero attached hydrogens (tertiary/aromatic N) is 4. The van der Waals surface area contributed by atoms with E-state index in [4.69, 9.17) is 0 Å². The van der Waals surface area contributed by atoms with E-state index in [0.717, 1.165) is 17.2 Å². The fourth-order valence-corrected chi connectivity index (χ4v) is 4.06. The number of nitrogens with one attached hydrogen (secondary N) is 2. The summed E-state index contributed by atoms with van der Waals surface area (Å²) in [5, 5.41) is 5.82. The summed E-state index contributed by atoms with van der Waals surface area (Å²) in [4.78, 5) is 27.7. The number of carbonyl (C=O) groups is 1. The molecule has 0 fully saturated rings. The number of amides is 1. The Hall–Kier alpha value is -4.47. The number of para-hydroxylation sites is 1. The molecule has 4 aromatic rings. The lowest BCUT2D eigenvalue weighted by atomic mass is 10.1. The van der Waals surface area contributed by atoms with Gasteiger partial charge < -0.3 is 15.5 Å². The summed E-state index contributed by atoms with van der Waals surface area (Å²) in [6.07, 6.45) is 0.423. The number of hydrogen-bond acceptors (Lipinski definition) is 6. The van der Waals surface area contributed by atoms with E-state index >= 15 is 0 Å². The Morgan fingerprint density at radius 2 is 1.76 bits per heavy atom. The Balaban J connectivity index is 1.62. The van der Waals surface area contributed by atoms with Crippen LogP contribution in [0.15, 0.2) is 73.2 Å². The van der Waals surface area contributed by atoms with Crippen molar-refractivity contribution in [1.82, 2.24) is 15.0 Å². The fraction of sp³-hybridized carbons (Fsp3) is 0.214. The van der Waals surface area contributed by atoms with Crippen molar-refractivity contribution in [1.29, 1.82) is 0 Å². The molecule has 0 aliphatic heterocycles.